The maximum absolute atomic E-state index is 12.6. The fraction of sp³-hybridized carbons (Fsp3) is 0.118. The molecule has 0 fully saturated rings. The average Bonchev–Trinajstić information content (AvgIpc) is 2.61. The standard InChI is InChI=1S/C17H14F3N3O3/c1-26-14-7-5-11(6-8-14)10-21-23-16(25)15(24)22-13-4-2-3-12(9-13)17(18,19)20/h2-10H,1H3,(H,22,24)(H,23,25)/b21-10+. The summed E-state index contributed by atoms with van der Waals surface area (Å²) >= 11 is 0. The van der Waals surface area contributed by atoms with Crippen LogP contribution < -0.4 is 15.5 Å². The molecule has 2 aromatic carbocycles. The van der Waals surface area contributed by atoms with Crippen LogP contribution in [0.4, 0.5) is 18.9 Å². The molecule has 0 aliphatic heterocycles. The molecular formula is C17H14F3N3O3. The van der Waals surface area contributed by atoms with Gasteiger partial charge in [0.2, 0.25) is 0 Å². The van der Waals surface area contributed by atoms with Gasteiger partial charge in [-0.1, -0.05) is 6.07 Å². The minimum absolute atomic E-state index is 0.154. The lowest BCUT2D eigenvalue weighted by Gasteiger charge is -2.09. The van der Waals surface area contributed by atoms with E-state index in [1.807, 2.05) is 5.43 Å². The fourth-order valence-electron chi connectivity index (χ4n) is 1.87. The number of carbonyl (C=O) groups is 2. The van der Waals surface area contributed by atoms with Crippen molar-refractivity contribution in [3.63, 3.8) is 0 Å². The lowest BCUT2D eigenvalue weighted by molar-refractivity contribution is -0.137. The van der Waals surface area contributed by atoms with Gasteiger partial charge in [-0.15, -0.1) is 0 Å². The number of rotatable bonds is 4. The maximum atomic E-state index is 12.6. The number of halogens is 3. The quantitative estimate of drug-likeness (QED) is 0.497. The topological polar surface area (TPSA) is 79.8 Å². The Balaban J connectivity index is 1.93. The molecule has 0 aliphatic rings. The number of hydrogen-bond donors (Lipinski definition) is 2. The van der Waals surface area contributed by atoms with Crippen LogP contribution >= 0.6 is 0 Å². The van der Waals surface area contributed by atoms with E-state index < -0.39 is 23.6 Å². The van der Waals surface area contributed by atoms with Crippen molar-refractivity contribution in [2.24, 2.45) is 5.10 Å². The molecule has 26 heavy (non-hydrogen) atoms. The van der Waals surface area contributed by atoms with Crippen molar-refractivity contribution < 1.29 is 27.5 Å². The number of ether oxygens (including phenoxy) is 1. The van der Waals surface area contributed by atoms with Gasteiger partial charge < -0.3 is 10.1 Å². The van der Waals surface area contributed by atoms with E-state index >= 15 is 0 Å². The van der Waals surface area contributed by atoms with Crippen LogP contribution in [0.1, 0.15) is 11.1 Å². The second-order valence-electron chi connectivity index (χ2n) is 5.00. The minimum Gasteiger partial charge on any atom is -0.497 e. The lowest BCUT2D eigenvalue weighted by atomic mass is 10.2. The van der Waals surface area contributed by atoms with E-state index in [2.05, 4.69) is 10.4 Å². The molecule has 0 aromatic heterocycles. The summed E-state index contributed by atoms with van der Waals surface area (Å²) in [4.78, 5) is 23.3. The van der Waals surface area contributed by atoms with Crippen molar-refractivity contribution in [3.8, 4) is 5.75 Å². The number of hydrazone groups is 1. The highest BCUT2D eigenvalue weighted by molar-refractivity contribution is 6.39. The number of hydrogen-bond acceptors (Lipinski definition) is 4. The summed E-state index contributed by atoms with van der Waals surface area (Å²) in [6, 6.07) is 10.7. The average molecular weight is 365 g/mol. The summed E-state index contributed by atoms with van der Waals surface area (Å²) in [7, 11) is 1.52. The first-order chi connectivity index (χ1) is 12.3. The number of alkyl halides is 3. The molecule has 0 atom stereocenters. The Morgan fingerprint density at radius 2 is 1.77 bits per heavy atom. The van der Waals surface area contributed by atoms with Gasteiger partial charge in [-0.25, -0.2) is 5.43 Å². The van der Waals surface area contributed by atoms with Crippen molar-refractivity contribution in [1.29, 1.82) is 0 Å². The van der Waals surface area contributed by atoms with E-state index in [4.69, 9.17) is 4.74 Å². The van der Waals surface area contributed by atoms with Crippen LogP contribution in [-0.2, 0) is 15.8 Å². The zero-order valence-corrected chi connectivity index (χ0v) is 13.5. The molecule has 6 nitrogen and oxygen atoms in total. The predicted octanol–water partition coefficient (Wildman–Crippen LogP) is 2.80. The summed E-state index contributed by atoms with van der Waals surface area (Å²) < 4.78 is 42.9. The van der Waals surface area contributed by atoms with E-state index in [1.54, 1.807) is 24.3 Å². The molecule has 0 aliphatic carbocycles. The van der Waals surface area contributed by atoms with Gasteiger partial charge in [-0.05, 0) is 48.0 Å². The van der Waals surface area contributed by atoms with Gasteiger partial charge in [-0.2, -0.15) is 18.3 Å². The molecule has 2 N–H and O–H groups in total. The van der Waals surface area contributed by atoms with Gasteiger partial charge in [0.15, 0.2) is 0 Å². The highest BCUT2D eigenvalue weighted by Crippen LogP contribution is 2.30. The molecule has 0 heterocycles. The summed E-state index contributed by atoms with van der Waals surface area (Å²) in [5, 5.41) is 5.69. The first-order valence-electron chi connectivity index (χ1n) is 7.25. The van der Waals surface area contributed by atoms with Crippen LogP contribution in [-0.4, -0.2) is 25.1 Å². The Bertz CT molecular complexity index is 818. The van der Waals surface area contributed by atoms with Crippen LogP contribution in [0.25, 0.3) is 0 Å². The smallest absolute Gasteiger partial charge is 0.416 e. The van der Waals surface area contributed by atoms with Crippen molar-refractivity contribution in [2.75, 3.05) is 12.4 Å². The summed E-state index contributed by atoms with van der Waals surface area (Å²) in [5.41, 5.74) is 1.54. The molecule has 0 radical (unpaired) electrons. The number of amides is 2. The number of nitrogens with zero attached hydrogens (tertiary/aromatic N) is 1. The molecule has 9 heteroatoms. The van der Waals surface area contributed by atoms with E-state index in [0.29, 0.717) is 11.3 Å². The fourth-order valence-corrected chi connectivity index (χ4v) is 1.87. The molecule has 0 bridgehead atoms. The van der Waals surface area contributed by atoms with E-state index in [1.165, 1.54) is 19.4 Å². The predicted molar refractivity (Wildman–Crippen MR) is 88.8 cm³/mol. The SMILES string of the molecule is COc1ccc(/C=N/NC(=O)C(=O)Nc2cccc(C(F)(F)F)c2)cc1. The zero-order chi connectivity index (χ0) is 19.2. The van der Waals surface area contributed by atoms with Gasteiger partial charge in [0, 0.05) is 5.69 Å². The Hall–Kier alpha value is -3.36. The normalized spacial score (nSPS) is 11.2. The number of methoxy groups -OCH3 is 1. The molecule has 0 saturated heterocycles. The lowest BCUT2D eigenvalue weighted by Crippen LogP contribution is -2.32. The Kier molecular flexibility index (Phi) is 5.94. The van der Waals surface area contributed by atoms with Gasteiger partial charge in [0.05, 0.1) is 18.9 Å². The summed E-state index contributed by atoms with van der Waals surface area (Å²) in [5.74, 6) is -1.62. The number of benzene rings is 2. The number of carbonyl (C=O) groups excluding carboxylic acids is 2. The molecular weight excluding hydrogens is 351 g/mol. The number of nitrogens with one attached hydrogen (secondary N) is 2. The second kappa shape index (κ2) is 8.15. The van der Waals surface area contributed by atoms with E-state index in [-0.39, 0.29) is 5.69 Å². The summed E-state index contributed by atoms with van der Waals surface area (Å²) in [6.45, 7) is 0. The Labute approximate surface area is 146 Å². The van der Waals surface area contributed by atoms with Crippen LogP contribution in [0, 0.1) is 0 Å². The third kappa shape index (κ3) is 5.33. The molecule has 0 saturated carbocycles. The molecule has 2 amide bonds. The Morgan fingerprint density at radius 1 is 1.08 bits per heavy atom. The molecule has 0 unspecified atom stereocenters. The van der Waals surface area contributed by atoms with Crippen molar-refractivity contribution in [1.82, 2.24) is 5.43 Å². The third-order valence-corrected chi connectivity index (χ3v) is 3.15. The van der Waals surface area contributed by atoms with Gasteiger partial charge in [0.25, 0.3) is 0 Å². The molecule has 0 spiro atoms. The highest BCUT2D eigenvalue weighted by Gasteiger charge is 2.30. The van der Waals surface area contributed by atoms with Crippen molar-refractivity contribution in [2.45, 2.75) is 6.18 Å². The van der Waals surface area contributed by atoms with Gasteiger partial charge in [0.1, 0.15) is 5.75 Å². The van der Waals surface area contributed by atoms with Crippen LogP contribution in [0.15, 0.2) is 53.6 Å². The first kappa shape index (κ1) is 19.0. The third-order valence-electron chi connectivity index (χ3n) is 3.15. The molecule has 2 rings (SSSR count). The summed E-state index contributed by atoms with van der Waals surface area (Å²) in [6.07, 6.45) is -3.25. The van der Waals surface area contributed by atoms with Gasteiger partial charge in [-0.3, -0.25) is 9.59 Å². The Morgan fingerprint density at radius 3 is 2.38 bits per heavy atom. The van der Waals surface area contributed by atoms with Crippen molar-refractivity contribution in [3.05, 3.63) is 59.7 Å². The van der Waals surface area contributed by atoms with Crippen molar-refractivity contribution >= 4 is 23.7 Å². The van der Waals surface area contributed by atoms with Crippen LogP contribution in [0.3, 0.4) is 0 Å². The molecule has 136 valence electrons. The van der Waals surface area contributed by atoms with Crippen LogP contribution in [0.5, 0.6) is 5.75 Å². The van der Waals surface area contributed by atoms with Gasteiger partial charge >= 0.3 is 18.0 Å². The highest BCUT2D eigenvalue weighted by atomic mass is 19.4. The minimum atomic E-state index is -4.55. The second-order valence-corrected chi connectivity index (χ2v) is 5.00. The number of anilines is 1. The monoisotopic (exact) mass is 365 g/mol. The largest absolute Gasteiger partial charge is 0.497 e. The molecule has 2 aromatic rings. The zero-order valence-electron chi connectivity index (χ0n) is 13.5. The first-order valence-corrected chi connectivity index (χ1v) is 7.25. The van der Waals surface area contributed by atoms with E-state index in [0.717, 1.165) is 18.2 Å². The van der Waals surface area contributed by atoms with E-state index in [9.17, 15) is 22.8 Å². The maximum Gasteiger partial charge on any atom is 0.416 e. The van der Waals surface area contributed by atoms with Crippen LogP contribution in [0.2, 0.25) is 0 Å².